The molecule has 0 radical (unpaired) electrons. The molecule has 1 aliphatic heterocycles. The molecule has 1 saturated carbocycles. The molecule has 2 fully saturated rings. The number of fused-ring (bicyclic) bond motifs is 2. The number of nitrogens with zero attached hydrogens (tertiary/aromatic N) is 1. The number of amides is 1. The van der Waals surface area contributed by atoms with Gasteiger partial charge in [0.15, 0.2) is 0 Å². The van der Waals surface area contributed by atoms with E-state index in [-0.39, 0.29) is 19.0 Å². The molecule has 4 heteroatoms. The third kappa shape index (κ3) is 1.71. The Bertz CT molecular complexity index is 444. The van der Waals surface area contributed by atoms with Crippen molar-refractivity contribution in [3.63, 3.8) is 0 Å². The second kappa shape index (κ2) is 4.04. The highest BCUT2D eigenvalue weighted by Crippen LogP contribution is 2.48. The summed E-state index contributed by atoms with van der Waals surface area (Å²) in [5, 5.41) is 0. The Morgan fingerprint density at radius 3 is 2.22 bits per heavy atom. The Morgan fingerprint density at radius 2 is 1.67 bits per heavy atom. The molecule has 2 aliphatic rings. The summed E-state index contributed by atoms with van der Waals surface area (Å²) in [7, 11) is 0. The van der Waals surface area contributed by atoms with Crippen molar-refractivity contribution in [2.75, 3.05) is 13.1 Å². The van der Waals surface area contributed by atoms with E-state index in [9.17, 15) is 13.6 Å². The fourth-order valence-electron chi connectivity index (χ4n) is 3.08. The van der Waals surface area contributed by atoms with Crippen molar-refractivity contribution >= 4 is 5.91 Å². The third-order valence-electron chi connectivity index (χ3n) is 4.14. The van der Waals surface area contributed by atoms with Crippen LogP contribution in [-0.2, 0) is 0 Å². The lowest BCUT2D eigenvalue weighted by Gasteiger charge is -2.37. The smallest absolute Gasteiger partial charge is 0.257 e. The molecule has 0 spiro atoms. The summed E-state index contributed by atoms with van der Waals surface area (Å²) < 4.78 is 27.5. The summed E-state index contributed by atoms with van der Waals surface area (Å²) >= 11 is 0. The Hall–Kier alpha value is -1.45. The molecule has 2 nitrogen and oxygen atoms in total. The van der Waals surface area contributed by atoms with E-state index in [2.05, 4.69) is 0 Å². The Labute approximate surface area is 105 Å². The lowest BCUT2D eigenvalue weighted by atomic mass is 9.93. The number of hydrogen-bond donors (Lipinski definition) is 0. The van der Waals surface area contributed by atoms with Crippen LogP contribution in [0.3, 0.4) is 0 Å². The first-order valence-electron chi connectivity index (χ1n) is 6.31. The van der Waals surface area contributed by atoms with Gasteiger partial charge in [-0.25, -0.2) is 8.78 Å². The van der Waals surface area contributed by atoms with Crippen LogP contribution in [0.2, 0.25) is 0 Å². The van der Waals surface area contributed by atoms with E-state index in [4.69, 9.17) is 0 Å². The minimum atomic E-state index is -2.58. The number of benzene rings is 1. The molecule has 18 heavy (non-hydrogen) atoms. The molecule has 2 atom stereocenters. The molecule has 0 aromatic heterocycles. The molecule has 1 saturated heterocycles. The maximum Gasteiger partial charge on any atom is 0.257 e. The van der Waals surface area contributed by atoms with Crippen LogP contribution in [0.1, 0.15) is 23.2 Å². The second-order valence-corrected chi connectivity index (χ2v) is 5.22. The van der Waals surface area contributed by atoms with E-state index < -0.39 is 17.8 Å². The van der Waals surface area contributed by atoms with E-state index in [0.717, 1.165) is 0 Å². The van der Waals surface area contributed by atoms with Gasteiger partial charge in [-0.3, -0.25) is 4.79 Å². The van der Waals surface area contributed by atoms with Gasteiger partial charge in [0, 0.05) is 30.5 Å². The van der Waals surface area contributed by atoms with Crippen LogP contribution in [0.15, 0.2) is 30.3 Å². The van der Waals surface area contributed by atoms with Crippen LogP contribution in [0.5, 0.6) is 0 Å². The zero-order valence-electron chi connectivity index (χ0n) is 9.98. The first-order valence-corrected chi connectivity index (χ1v) is 6.31. The summed E-state index contributed by atoms with van der Waals surface area (Å²) in [4.78, 5) is 13.8. The Kier molecular flexibility index (Phi) is 2.61. The highest BCUT2D eigenvalue weighted by atomic mass is 19.3. The predicted molar refractivity (Wildman–Crippen MR) is 63.5 cm³/mol. The zero-order chi connectivity index (χ0) is 12.8. The molecule has 1 aliphatic carbocycles. The SMILES string of the molecule is O=C(c1ccccc1)N1CC2CCC(C1)C2(F)F. The highest BCUT2D eigenvalue weighted by Gasteiger charge is 2.56. The molecule has 1 aromatic carbocycles. The maximum atomic E-state index is 13.8. The molecular formula is C14H15F2NO. The van der Waals surface area contributed by atoms with Crippen molar-refractivity contribution in [1.82, 2.24) is 4.90 Å². The van der Waals surface area contributed by atoms with Gasteiger partial charge >= 0.3 is 0 Å². The van der Waals surface area contributed by atoms with Gasteiger partial charge in [0.05, 0.1) is 0 Å². The van der Waals surface area contributed by atoms with Crippen LogP contribution in [0.4, 0.5) is 8.78 Å². The van der Waals surface area contributed by atoms with Gasteiger partial charge in [0.25, 0.3) is 11.8 Å². The van der Waals surface area contributed by atoms with E-state index in [1.165, 1.54) is 0 Å². The number of hydrogen-bond acceptors (Lipinski definition) is 1. The number of piperidine rings is 1. The quantitative estimate of drug-likeness (QED) is 0.751. The molecule has 1 heterocycles. The lowest BCUT2D eigenvalue weighted by Crippen LogP contribution is -2.50. The van der Waals surface area contributed by atoms with Crippen molar-refractivity contribution in [1.29, 1.82) is 0 Å². The number of carbonyl (C=O) groups is 1. The molecule has 1 amide bonds. The summed E-state index contributed by atoms with van der Waals surface area (Å²) in [5.74, 6) is -4.00. The van der Waals surface area contributed by atoms with Crippen molar-refractivity contribution in [3.05, 3.63) is 35.9 Å². The van der Waals surface area contributed by atoms with Gasteiger partial charge < -0.3 is 4.90 Å². The van der Waals surface area contributed by atoms with Gasteiger partial charge in [-0.1, -0.05) is 18.2 Å². The van der Waals surface area contributed by atoms with Gasteiger partial charge in [-0.05, 0) is 25.0 Å². The average Bonchev–Trinajstić information content (AvgIpc) is 2.59. The zero-order valence-corrected chi connectivity index (χ0v) is 9.98. The van der Waals surface area contributed by atoms with E-state index in [1.54, 1.807) is 29.2 Å². The molecule has 2 bridgehead atoms. The van der Waals surface area contributed by atoms with Crippen molar-refractivity contribution < 1.29 is 13.6 Å². The summed E-state index contributed by atoms with van der Waals surface area (Å²) in [5.41, 5.74) is 0.585. The molecule has 0 N–H and O–H groups in total. The fraction of sp³-hybridized carbons (Fsp3) is 0.500. The van der Waals surface area contributed by atoms with Crippen molar-refractivity contribution in [3.8, 4) is 0 Å². The van der Waals surface area contributed by atoms with Crippen LogP contribution >= 0.6 is 0 Å². The average molecular weight is 251 g/mol. The highest BCUT2D eigenvalue weighted by molar-refractivity contribution is 5.94. The van der Waals surface area contributed by atoms with Crippen molar-refractivity contribution in [2.24, 2.45) is 11.8 Å². The second-order valence-electron chi connectivity index (χ2n) is 5.22. The number of alkyl halides is 2. The number of rotatable bonds is 1. The topological polar surface area (TPSA) is 20.3 Å². The number of likely N-dealkylation sites (tertiary alicyclic amines) is 1. The lowest BCUT2D eigenvalue weighted by molar-refractivity contribution is -0.110. The monoisotopic (exact) mass is 251 g/mol. The third-order valence-corrected chi connectivity index (χ3v) is 4.14. The van der Waals surface area contributed by atoms with Crippen LogP contribution < -0.4 is 0 Å². The number of carbonyl (C=O) groups excluding carboxylic acids is 1. The minimum absolute atomic E-state index is 0.122. The van der Waals surface area contributed by atoms with Gasteiger partial charge in [0.2, 0.25) is 0 Å². The Morgan fingerprint density at radius 1 is 1.11 bits per heavy atom. The molecule has 2 unspecified atom stereocenters. The first kappa shape index (κ1) is 11.6. The molecule has 96 valence electrons. The van der Waals surface area contributed by atoms with E-state index in [0.29, 0.717) is 18.4 Å². The van der Waals surface area contributed by atoms with Gasteiger partial charge in [0.1, 0.15) is 0 Å². The maximum absolute atomic E-state index is 13.8. The van der Waals surface area contributed by atoms with E-state index in [1.807, 2.05) is 6.07 Å². The van der Waals surface area contributed by atoms with Gasteiger partial charge in [-0.15, -0.1) is 0 Å². The molecule has 1 aromatic rings. The van der Waals surface area contributed by atoms with Crippen LogP contribution in [-0.4, -0.2) is 29.8 Å². The minimum Gasteiger partial charge on any atom is -0.338 e. The van der Waals surface area contributed by atoms with E-state index >= 15 is 0 Å². The molecular weight excluding hydrogens is 236 g/mol. The van der Waals surface area contributed by atoms with Gasteiger partial charge in [-0.2, -0.15) is 0 Å². The first-order chi connectivity index (χ1) is 8.59. The Balaban J connectivity index is 1.79. The van der Waals surface area contributed by atoms with Crippen LogP contribution in [0.25, 0.3) is 0 Å². The normalized spacial score (nSPS) is 29.3. The largest absolute Gasteiger partial charge is 0.338 e. The summed E-state index contributed by atoms with van der Waals surface area (Å²) in [6.07, 6.45) is 1.08. The standard InChI is InChI=1S/C14H15F2NO/c15-14(16)11-6-7-12(14)9-17(8-11)13(18)10-4-2-1-3-5-10/h1-5,11-12H,6-9H2. The summed E-state index contributed by atoms with van der Waals surface area (Å²) in [6, 6.07) is 8.89. The predicted octanol–water partition coefficient (Wildman–Crippen LogP) is 2.80. The van der Waals surface area contributed by atoms with Crippen LogP contribution in [0, 0.1) is 11.8 Å². The summed E-state index contributed by atoms with van der Waals surface area (Å²) in [6.45, 7) is 0.383. The molecule has 3 rings (SSSR count). The fourth-order valence-corrected chi connectivity index (χ4v) is 3.08. The van der Waals surface area contributed by atoms with Crippen molar-refractivity contribution in [2.45, 2.75) is 18.8 Å². The number of halogens is 2.